The van der Waals surface area contributed by atoms with Crippen LogP contribution in [0.4, 0.5) is 10.2 Å². The Bertz CT molecular complexity index is 945. The van der Waals surface area contributed by atoms with Crippen LogP contribution in [0.1, 0.15) is 22.9 Å². The average molecular weight is 366 g/mol. The number of nitrogens with one attached hydrogen (secondary N) is 3. The van der Waals surface area contributed by atoms with E-state index in [2.05, 4.69) is 26.1 Å². The third kappa shape index (κ3) is 2.90. The van der Waals surface area contributed by atoms with Gasteiger partial charge < -0.3 is 15.8 Å². The van der Waals surface area contributed by atoms with Crippen molar-refractivity contribution in [3.8, 4) is 0 Å². The van der Waals surface area contributed by atoms with Gasteiger partial charge in [0.2, 0.25) is 5.82 Å². The van der Waals surface area contributed by atoms with Crippen LogP contribution in [0.3, 0.4) is 0 Å². The van der Waals surface area contributed by atoms with E-state index in [0.717, 1.165) is 11.1 Å². The number of aromatic nitrogens is 2. The largest absolute Gasteiger partial charge is 0.409 e. The molecule has 132 valence electrons. The quantitative estimate of drug-likeness (QED) is 0.275. The van der Waals surface area contributed by atoms with Crippen molar-refractivity contribution >= 4 is 21.4 Å². The van der Waals surface area contributed by atoms with Gasteiger partial charge in [-0.05, 0) is 40.0 Å². The Hall–Kier alpha value is -2.69. The molecule has 0 spiro atoms. The van der Waals surface area contributed by atoms with E-state index in [1.165, 1.54) is 12.1 Å². The maximum absolute atomic E-state index is 13.4. The van der Waals surface area contributed by atoms with Gasteiger partial charge in [0.15, 0.2) is 11.5 Å². The van der Waals surface area contributed by atoms with Crippen LogP contribution in [0, 0.1) is 10.6 Å². The van der Waals surface area contributed by atoms with Crippen LogP contribution in [0.5, 0.6) is 0 Å². The fourth-order valence-electron chi connectivity index (χ4n) is 3.03. The molecule has 0 bridgehead atoms. The summed E-state index contributed by atoms with van der Waals surface area (Å²) in [6.45, 7) is 0. The molecule has 0 amide bonds. The number of nitrogens with zero attached hydrogens (tertiary/aromatic N) is 3. The molecule has 25 heavy (non-hydrogen) atoms. The molecule has 2 aromatic rings. The number of benzene rings is 1. The zero-order valence-electron chi connectivity index (χ0n) is 12.9. The third-order valence-corrected chi connectivity index (χ3v) is 6.19. The molecule has 1 aliphatic heterocycles. The minimum atomic E-state index is -2.50. The molecule has 2 heterocycles. The fourth-order valence-corrected chi connectivity index (χ4v) is 4.40. The predicted molar refractivity (Wildman–Crippen MR) is 86.6 cm³/mol. The summed E-state index contributed by atoms with van der Waals surface area (Å²) in [7, 11) is -2.50. The zero-order valence-corrected chi connectivity index (χ0v) is 13.7. The number of halogens is 1. The highest BCUT2D eigenvalue weighted by atomic mass is 32.2. The maximum Gasteiger partial charge on any atom is 0.202 e. The molecule has 0 saturated carbocycles. The van der Waals surface area contributed by atoms with Crippen LogP contribution in [0.2, 0.25) is 0 Å². The number of anilines is 1. The van der Waals surface area contributed by atoms with Gasteiger partial charge >= 0.3 is 0 Å². The van der Waals surface area contributed by atoms with E-state index >= 15 is 0 Å². The molecular formula is C14H15FN6O3S. The van der Waals surface area contributed by atoms with Gasteiger partial charge in [-0.25, -0.2) is 13.2 Å². The van der Waals surface area contributed by atoms with Crippen molar-refractivity contribution in [2.45, 2.75) is 18.5 Å². The summed E-state index contributed by atoms with van der Waals surface area (Å²) in [5.41, 5.74) is 1.98. The zero-order chi connectivity index (χ0) is 17.6. The first-order valence-electron chi connectivity index (χ1n) is 7.56. The second-order valence-electron chi connectivity index (χ2n) is 6.14. The number of rotatable bonds is 4. The van der Waals surface area contributed by atoms with E-state index in [4.69, 9.17) is 9.41 Å². The summed E-state index contributed by atoms with van der Waals surface area (Å²) in [6.07, 6.45) is 0.659. The summed E-state index contributed by atoms with van der Waals surface area (Å²) in [5, 5.41) is 25.9. The number of hydrogen-bond acceptors (Lipinski definition) is 8. The molecule has 1 fully saturated rings. The monoisotopic (exact) mass is 366 g/mol. The van der Waals surface area contributed by atoms with E-state index in [1.54, 1.807) is 6.07 Å². The SMILES string of the molecule is N=S1(=O)CC(Nc2nonc2/C(=N/O)N[C@H]2Cc3ccc(F)cc32)C1. The van der Waals surface area contributed by atoms with Gasteiger partial charge in [-0.1, -0.05) is 11.2 Å². The molecule has 1 aromatic heterocycles. The van der Waals surface area contributed by atoms with Crippen molar-refractivity contribution in [2.75, 3.05) is 16.8 Å². The normalized spacial score (nSPS) is 27.8. The molecular weight excluding hydrogens is 351 g/mol. The van der Waals surface area contributed by atoms with E-state index in [1.807, 2.05) is 0 Å². The first-order valence-corrected chi connectivity index (χ1v) is 9.45. The van der Waals surface area contributed by atoms with Crippen molar-refractivity contribution in [1.82, 2.24) is 15.6 Å². The molecule has 9 nitrogen and oxygen atoms in total. The summed E-state index contributed by atoms with van der Waals surface area (Å²) in [6, 6.07) is 4.18. The maximum atomic E-state index is 13.4. The standard InChI is InChI=1S/C14H15FN6O3S/c15-8-2-1-7-3-11(10(7)4-8)18-13(19-22)12-14(21-24-20-12)17-9-5-25(16,23)6-9/h1-2,4,9,11,16,22H,3,5-6H2,(H,17,21)(H,18,19)/t9?,11-,25?/m0/s1. The number of oxime groups is 1. The van der Waals surface area contributed by atoms with Crippen molar-refractivity contribution < 1.29 is 18.4 Å². The van der Waals surface area contributed by atoms with Crippen molar-refractivity contribution in [1.29, 1.82) is 4.78 Å². The van der Waals surface area contributed by atoms with Gasteiger partial charge in [0.1, 0.15) is 5.82 Å². The Morgan fingerprint density at radius 3 is 2.96 bits per heavy atom. The number of fused-ring (bicyclic) bond motifs is 1. The lowest BCUT2D eigenvalue weighted by Gasteiger charge is -2.31. The lowest BCUT2D eigenvalue weighted by molar-refractivity contribution is 0.303. The summed E-state index contributed by atoms with van der Waals surface area (Å²) in [5.74, 6) is 0.372. The van der Waals surface area contributed by atoms with Crippen LogP contribution in [0.25, 0.3) is 0 Å². The Balaban J connectivity index is 1.49. The van der Waals surface area contributed by atoms with Crippen LogP contribution < -0.4 is 10.6 Å². The molecule has 1 saturated heterocycles. The molecule has 1 atom stereocenters. The van der Waals surface area contributed by atoms with E-state index < -0.39 is 9.73 Å². The smallest absolute Gasteiger partial charge is 0.202 e. The average Bonchev–Trinajstić information content (AvgIpc) is 2.97. The highest BCUT2D eigenvalue weighted by Crippen LogP contribution is 2.34. The van der Waals surface area contributed by atoms with Crippen molar-refractivity contribution in [3.05, 3.63) is 40.8 Å². The van der Waals surface area contributed by atoms with Gasteiger partial charge in [0, 0.05) is 9.73 Å². The minimum Gasteiger partial charge on any atom is -0.409 e. The van der Waals surface area contributed by atoms with Gasteiger partial charge in [0.05, 0.1) is 23.6 Å². The van der Waals surface area contributed by atoms with Gasteiger partial charge in [0.25, 0.3) is 0 Å². The molecule has 1 aromatic carbocycles. The summed E-state index contributed by atoms with van der Waals surface area (Å²) >= 11 is 0. The molecule has 0 radical (unpaired) electrons. The van der Waals surface area contributed by atoms with Crippen LogP contribution in [-0.2, 0) is 16.1 Å². The summed E-state index contributed by atoms with van der Waals surface area (Å²) < 4.78 is 37.0. The van der Waals surface area contributed by atoms with Crippen LogP contribution >= 0.6 is 0 Å². The van der Waals surface area contributed by atoms with Gasteiger partial charge in [-0.3, -0.25) is 4.78 Å². The Labute approximate surface area is 142 Å². The fraction of sp³-hybridized carbons (Fsp3) is 0.357. The topological polar surface area (TPSA) is 136 Å². The second kappa shape index (κ2) is 5.69. The van der Waals surface area contributed by atoms with Crippen LogP contribution in [0.15, 0.2) is 28.0 Å². The highest BCUT2D eigenvalue weighted by molar-refractivity contribution is 7.93. The van der Waals surface area contributed by atoms with Crippen molar-refractivity contribution in [3.63, 3.8) is 0 Å². The Morgan fingerprint density at radius 1 is 1.44 bits per heavy atom. The lowest BCUT2D eigenvalue weighted by Crippen LogP contribution is -2.46. The summed E-state index contributed by atoms with van der Waals surface area (Å²) in [4.78, 5) is 0. The third-order valence-electron chi connectivity index (χ3n) is 4.31. The molecule has 0 unspecified atom stereocenters. The highest BCUT2D eigenvalue weighted by Gasteiger charge is 2.33. The van der Waals surface area contributed by atoms with E-state index in [9.17, 15) is 13.8 Å². The molecule has 11 heteroatoms. The molecule has 1 aliphatic carbocycles. The molecule has 4 rings (SSSR count). The van der Waals surface area contributed by atoms with Crippen molar-refractivity contribution in [2.24, 2.45) is 5.16 Å². The molecule has 4 N–H and O–H groups in total. The predicted octanol–water partition coefficient (Wildman–Crippen LogP) is 1.07. The Kier molecular flexibility index (Phi) is 3.60. The first kappa shape index (κ1) is 15.8. The minimum absolute atomic E-state index is 0.0367. The van der Waals surface area contributed by atoms with Gasteiger partial charge in [-0.2, -0.15) is 0 Å². The van der Waals surface area contributed by atoms with Crippen LogP contribution in [-0.4, -0.2) is 43.1 Å². The van der Waals surface area contributed by atoms with Gasteiger partial charge in [-0.15, -0.1) is 0 Å². The van der Waals surface area contributed by atoms with E-state index in [-0.39, 0.29) is 46.8 Å². The van der Waals surface area contributed by atoms with E-state index in [0.29, 0.717) is 6.42 Å². The molecule has 2 aliphatic rings. The lowest BCUT2D eigenvalue weighted by atomic mass is 9.83. The Morgan fingerprint density at radius 2 is 2.24 bits per heavy atom. The first-order chi connectivity index (χ1) is 11.9. The second-order valence-corrected chi connectivity index (χ2v) is 8.43. The number of hydrogen-bond donors (Lipinski definition) is 4. The number of amidine groups is 1.